The molecule has 0 atom stereocenters. The van der Waals surface area contributed by atoms with E-state index in [9.17, 15) is 31.5 Å². The number of alkyl halides is 5. The van der Waals surface area contributed by atoms with E-state index in [1.807, 2.05) is 0 Å². The second-order valence-corrected chi connectivity index (χ2v) is 6.13. The van der Waals surface area contributed by atoms with Crippen LogP contribution in [0.25, 0.3) is 0 Å². The summed E-state index contributed by atoms with van der Waals surface area (Å²) < 4.78 is 74.2. The fourth-order valence-electron chi connectivity index (χ4n) is 2.76. The first-order chi connectivity index (χ1) is 14.6. The molecular weight excluding hydrogens is 427 g/mol. The Balaban J connectivity index is 2.25. The summed E-state index contributed by atoms with van der Waals surface area (Å²) >= 11 is 0. The van der Waals surface area contributed by atoms with Crippen LogP contribution in [0.4, 0.5) is 27.6 Å². The van der Waals surface area contributed by atoms with Gasteiger partial charge in [-0.05, 0) is 31.2 Å². The van der Waals surface area contributed by atoms with E-state index in [-0.39, 0.29) is 17.9 Å². The molecule has 0 spiro atoms. The number of hydrogen-bond donors (Lipinski definition) is 1. The maximum Gasteiger partial charge on any atom is 0.418 e. The van der Waals surface area contributed by atoms with Gasteiger partial charge in [-0.1, -0.05) is 18.2 Å². The van der Waals surface area contributed by atoms with E-state index < -0.39 is 48.1 Å². The SMILES string of the molecule is CCN(CC(=O)Nc1ccccc1C(F)(F)F)C(=O)c1cccc(OC)c1OC(F)F. The van der Waals surface area contributed by atoms with Crippen molar-refractivity contribution in [2.24, 2.45) is 0 Å². The number of para-hydroxylation sites is 2. The highest BCUT2D eigenvalue weighted by Crippen LogP contribution is 2.35. The zero-order chi connectivity index (χ0) is 23.2. The van der Waals surface area contributed by atoms with Crippen molar-refractivity contribution in [3.05, 3.63) is 53.6 Å². The Bertz CT molecular complexity index is 934. The number of anilines is 1. The van der Waals surface area contributed by atoms with E-state index in [2.05, 4.69) is 10.1 Å². The number of nitrogens with zero attached hydrogens (tertiary/aromatic N) is 1. The molecule has 0 fully saturated rings. The molecule has 0 unspecified atom stereocenters. The van der Waals surface area contributed by atoms with Gasteiger partial charge in [0.1, 0.15) is 6.54 Å². The number of halogens is 5. The smallest absolute Gasteiger partial charge is 0.418 e. The molecule has 0 aliphatic carbocycles. The topological polar surface area (TPSA) is 67.9 Å². The van der Waals surface area contributed by atoms with E-state index in [1.54, 1.807) is 0 Å². The van der Waals surface area contributed by atoms with Gasteiger partial charge in [-0.25, -0.2) is 0 Å². The number of amides is 2. The number of rotatable bonds is 8. The summed E-state index contributed by atoms with van der Waals surface area (Å²) in [6.45, 7) is -2.37. The molecule has 31 heavy (non-hydrogen) atoms. The van der Waals surface area contributed by atoms with Crippen molar-refractivity contribution < 1.29 is 41.0 Å². The Hall–Kier alpha value is -3.37. The van der Waals surface area contributed by atoms with Crippen molar-refractivity contribution in [1.29, 1.82) is 0 Å². The fourth-order valence-corrected chi connectivity index (χ4v) is 2.76. The molecule has 0 aromatic heterocycles. The third kappa shape index (κ3) is 6.06. The highest BCUT2D eigenvalue weighted by molar-refractivity contribution is 6.01. The van der Waals surface area contributed by atoms with Gasteiger partial charge in [0, 0.05) is 6.54 Å². The van der Waals surface area contributed by atoms with Gasteiger partial charge < -0.3 is 19.7 Å². The lowest BCUT2D eigenvalue weighted by molar-refractivity contribution is -0.137. The molecule has 1 N–H and O–H groups in total. The first-order valence-electron chi connectivity index (χ1n) is 8.95. The molecule has 0 aliphatic heterocycles. The van der Waals surface area contributed by atoms with E-state index in [1.165, 1.54) is 44.4 Å². The maximum atomic E-state index is 13.1. The molecule has 0 aliphatic rings. The summed E-state index contributed by atoms with van der Waals surface area (Å²) in [6, 6.07) is 8.27. The van der Waals surface area contributed by atoms with Gasteiger partial charge >= 0.3 is 12.8 Å². The van der Waals surface area contributed by atoms with Crippen molar-refractivity contribution in [1.82, 2.24) is 4.90 Å². The average Bonchev–Trinajstić information content (AvgIpc) is 2.71. The molecule has 0 heterocycles. The van der Waals surface area contributed by atoms with Crippen LogP contribution in [0.2, 0.25) is 0 Å². The van der Waals surface area contributed by atoms with Gasteiger partial charge in [-0.2, -0.15) is 22.0 Å². The van der Waals surface area contributed by atoms with Crippen LogP contribution in [0.5, 0.6) is 11.5 Å². The zero-order valence-electron chi connectivity index (χ0n) is 16.5. The minimum Gasteiger partial charge on any atom is -0.493 e. The molecule has 11 heteroatoms. The van der Waals surface area contributed by atoms with E-state index >= 15 is 0 Å². The Labute approximate surface area is 174 Å². The lowest BCUT2D eigenvalue weighted by atomic mass is 10.1. The van der Waals surface area contributed by atoms with Gasteiger partial charge in [0.05, 0.1) is 23.9 Å². The zero-order valence-corrected chi connectivity index (χ0v) is 16.5. The summed E-state index contributed by atoms with van der Waals surface area (Å²) in [6.07, 6.45) is -4.69. The second kappa shape index (κ2) is 10.1. The van der Waals surface area contributed by atoms with Crippen molar-refractivity contribution in [2.75, 3.05) is 25.5 Å². The number of ether oxygens (including phenoxy) is 2. The molecule has 0 bridgehead atoms. The van der Waals surface area contributed by atoms with Crippen molar-refractivity contribution in [3.63, 3.8) is 0 Å². The van der Waals surface area contributed by atoms with Crippen LogP contribution in [0, 0.1) is 0 Å². The molecule has 2 amide bonds. The van der Waals surface area contributed by atoms with Crippen molar-refractivity contribution in [3.8, 4) is 11.5 Å². The summed E-state index contributed by atoms with van der Waals surface area (Å²) in [4.78, 5) is 26.2. The molecule has 168 valence electrons. The summed E-state index contributed by atoms with van der Waals surface area (Å²) in [7, 11) is 1.20. The molecular formula is C20H19F5N2O4. The Morgan fingerprint density at radius 3 is 2.35 bits per heavy atom. The summed E-state index contributed by atoms with van der Waals surface area (Å²) in [5.74, 6) is -2.36. The second-order valence-electron chi connectivity index (χ2n) is 6.13. The summed E-state index contributed by atoms with van der Waals surface area (Å²) in [5, 5.41) is 2.13. The lowest BCUT2D eigenvalue weighted by Gasteiger charge is -2.23. The number of likely N-dealkylation sites (N-methyl/N-ethyl adjacent to an activating group) is 1. The standard InChI is InChI=1S/C20H19F5N2O4/c1-3-27(11-16(28)26-14-9-5-4-8-13(14)20(23,24)25)18(29)12-7-6-10-15(30-2)17(12)31-19(21)22/h4-10,19H,3,11H2,1-2H3,(H,26,28). The number of hydrogen-bond acceptors (Lipinski definition) is 4. The number of methoxy groups -OCH3 is 1. The van der Waals surface area contributed by atoms with Crippen LogP contribution in [0.15, 0.2) is 42.5 Å². The van der Waals surface area contributed by atoms with Crippen molar-refractivity contribution >= 4 is 17.5 Å². The number of nitrogens with one attached hydrogen (secondary N) is 1. The lowest BCUT2D eigenvalue weighted by Crippen LogP contribution is -2.38. The first kappa shape index (κ1) is 23.9. The third-order valence-corrected chi connectivity index (χ3v) is 4.15. The van der Waals surface area contributed by atoms with Crippen LogP contribution < -0.4 is 14.8 Å². The van der Waals surface area contributed by atoms with E-state index in [0.717, 1.165) is 17.0 Å². The van der Waals surface area contributed by atoms with E-state index in [0.29, 0.717) is 0 Å². The maximum absolute atomic E-state index is 13.1. The monoisotopic (exact) mass is 446 g/mol. The highest BCUT2D eigenvalue weighted by Gasteiger charge is 2.34. The third-order valence-electron chi connectivity index (χ3n) is 4.15. The fraction of sp³-hybridized carbons (Fsp3) is 0.300. The van der Waals surface area contributed by atoms with Crippen molar-refractivity contribution in [2.45, 2.75) is 19.7 Å². The minimum absolute atomic E-state index is 0.0293. The predicted molar refractivity (Wildman–Crippen MR) is 101 cm³/mol. The molecule has 2 aromatic rings. The molecule has 0 radical (unpaired) electrons. The van der Waals surface area contributed by atoms with Crippen LogP contribution in [0.3, 0.4) is 0 Å². The molecule has 0 saturated heterocycles. The van der Waals surface area contributed by atoms with Crippen LogP contribution in [-0.4, -0.2) is 43.5 Å². The Morgan fingerprint density at radius 2 is 1.77 bits per heavy atom. The van der Waals surface area contributed by atoms with E-state index in [4.69, 9.17) is 4.74 Å². The van der Waals surface area contributed by atoms with Crippen LogP contribution in [-0.2, 0) is 11.0 Å². The Morgan fingerprint density at radius 1 is 1.10 bits per heavy atom. The largest absolute Gasteiger partial charge is 0.493 e. The average molecular weight is 446 g/mol. The molecule has 2 rings (SSSR count). The van der Waals surface area contributed by atoms with Crippen LogP contribution in [0.1, 0.15) is 22.8 Å². The van der Waals surface area contributed by atoms with Gasteiger partial charge in [0.2, 0.25) is 5.91 Å². The molecule has 0 saturated carbocycles. The van der Waals surface area contributed by atoms with Crippen LogP contribution >= 0.6 is 0 Å². The molecule has 2 aromatic carbocycles. The van der Waals surface area contributed by atoms with Gasteiger partial charge in [0.15, 0.2) is 11.5 Å². The van der Waals surface area contributed by atoms with Gasteiger partial charge in [0.25, 0.3) is 5.91 Å². The minimum atomic E-state index is -4.69. The van der Waals surface area contributed by atoms with Gasteiger partial charge in [-0.15, -0.1) is 0 Å². The normalized spacial score (nSPS) is 11.2. The first-order valence-corrected chi connectivity index (χ1v) is 8.95. The predicted octanol–water partition coefficient (Wildman–Crippen LogP) is 4.42. The van der Waals surface area contributed by atoms with Gasteiger partial charge in [-0.3, -0.25) is 9.59 Å². The quantitative estimate of drug-likeness (QED) is 0.610. The summed E-state index contributed by atoms with van der Waals surface area (Å²) in [5.41, 5.74) is -1.80. The molecule has 6 nitrogen and oxygen atoms in total. The Kier molecular flexibility index (Phi) is 7.78. The number of carbonyl (C=O) groups is 2. The number of benzene rings is 2. The number of carbonyl (C=O) groups excluding carboxylic acids is 2. The highest BCUT2D eigenvalue weighted by atomic mass is 19.4.